The van der Waals surface area contributed by atoms with Crippen LogP contribution in [0.25, 0.3) is 10.9 Å². The number of likely N-dealkylation sites (tertiary alicyclic amines) is 1. The molecule has 1 saturated heterocycles. The smallest absolute Gasteiger partial charge is 0.227 e. The third-order valence-electron chi connectivity index (χ3n) is 4.97. The highest BCUT2D eigenvalue weighted by atomic mass is 16.5. The van der Waals surface area contributed by atoms with Crippen LogP contribution in [0.2, 0.25) is 0 Å². The molecule has 0 saturated carbocycles. The third-order valence-corrected chi connectivity index (χ3v) is 4.97. The van der Waals surface area contributed by atoms with Crippen molar-refractivity contribution in [3.05, 3.63) is 30.0 Å². The van der Waals surface area contributed by atoms with Crippen LogP contribution in [-0.4, -0.2) is 35.5 Å². The van der Waals surface area contributed by atoms with Crippen LogP contribution in [0.3, 0.4) is 0 Å². The number of nitrogens with two attached hydrogens (primary N) is 1. The summed E-state index contributed by atoms with van der Waals surface area (Å²) in [5.41, 5.74) is 8.36. The molecule has 26 heavy (non-hydrogen) atoms. The van der Waals surface area contributed by atoms with Gasteiger partial charge in [-0.3, -0.25) is 9.78 Å². The zero-order valence-corrected chi connectivity index (χ0v) is 16.2. The molecule has 2 heterocycles. The van der Waals surface area contributed by atoms with Crippen molar-refractivity contribution in [3.63, 3.8) is 0 Å². The molecule has 0 atom stereocenters. The monoisotopic (exact) mass is 355 g/mol. The molecular formula is C21H29N3O2. The van der Waals surface area contributed by atoms with Crippen LogP contribution >= 0.6 is 0 Å². The number of carbonyl (C=O) groups excluding carboxylic acids is 1. The Bertz CT molecular complexity index is 803. The summed E-state index contributed by atoms with van der Waals surface area (Å²) in [5, 5.41) is 0.887. The van der Waals surface area contributed by atoms with E-state index in [4.69, 9.17) is 10.5 Å². The summed E-state index contributed by atoms with van der Waals surface area (Å²) in [6.07, 6.45) is 1.94. The van der Waals surface area contributed by atoms with E-state index in [1.807, 2.05) is 56.9 Å². The number of hydrogen-bond acceptors (Lipinski definition) is 4. The number of rotatable bonds is 3. The Hall–Kier alpha value is -2.30. The van der Waals surface area contributed by atoms with Gasteiger partial charge >= 0.3 is 0 Å². The summed E-state index contributed by atoms with van der Waals surface area (Å²) in [7, 11) is 0. The van der Waals surface area contributed by atoms with Gasteiger partial charge in [0.2, 0.25) is 5.91 Å². The van der Waals surface area contributed by atoms with Gasteiger partial charge in [0.15, 0.2) is 0 Å². The first kappa shape index (κ1) is 18.5. The molecule has 0 unspecified atom stereocenters. The van der Waals surface area contributed by atoms with Crippen LogP contribution < -0.4 is 10.5 Å². The van der Waals surface area contributed by atoms with Crippen molar-refractivity contribution >= 4 is 22.5 Å². The minimum atomic E-state index is -0.311. The summed E-state index contributed by atoms with van der Waals surface area (Å²) in [4.78, 5) is 18.9. The Morgan fingerprint density at radius 1 is 1.31 bits per heavy atom. The maximum Gasteiger partial charge on any atom is 0.227 e. The molecule has 1 fully saturated rings. The summed E-state index contributed by atoms with van der Waals surface area (Å²) < 4.78 is 6.12. The minimum Gasteiger partial charge on any atom is -0.493 e. The van der Waals surface area contributed by atoms with E-state index in [0.717, 1.165) is 48.3 Å². The zero-order valence-electron chi connectivity index (χ0n) is 16.2. The van der Waals surface area contributed by atoms with Crippen molar-refractivity contribution in [2.45, 2.75) is 40.5 Å². The summed E-state index contributed by atoms with van der Waals surface area (Å²) in [6, 6.07) is 7.75. The number of piperidine rings is 1. The topological polar surface area (TPSA) is 68.5 Å². The Kier molecular flexibility index (Phi) is 5.08. The number of hydrogen-bond donors (Lipinski definition) is 1. The number of nitrogen functional groups attached to an aromatic ring is 1. The van der Waals surface area contributed by atoms with Crippen LogP contribution in [0.1, 0.15) is 39.3 Å². The second kappa shape index (κ2) is 7.14. The number of anilines is 1. The molecule has 1 amide bonds. The molecule has 0 bridgehead atoms. The summed E-state index contributed by atoms with van der Waals surface area (Å²) >= 11 is 0. The summed E-state index contributed by atoms with van der Waals surface area (Å²) in [5.74, 6) is 1.48. The molecular weight excluding hydrogens is 326 g/mol. The number of ether oxygens (including phenoxy) is 1. The van der Waals surface area contributed by atoms with E-state index < -0.39 is 0 Å². The maximum absolute atomic E-state index is 12.4. The first-order chi connectivity index (χ1) is 12.3. The molecule has 3 rings (SSSR count). The van der Waals surface area contributed by atoms with Gasteiger partial charge in [-0.05, 0) is 43.9 Å². The number of aromatic nitrogens is 1. The largest absolute Gasteiger partial charge is 0.493 e. The first-order valence-electron chi connectivity index (χ1n) is 9.33. The summed E-state index contributed by atoms with van der Waals surface area (Å²) in [6.45, 7) is 10.1. The van der Waals surface area contributed by atoms with Crippen molar-refractivity contribution in [2.75, 3.05) is 25.4 Å². The lowest BCUT2D eigenvalue weighted by Crippen LogP contribution is -2.44. The van der Waals surface area contributed by atoms with Gasteiger partial charge in [-0.15, -0.1) is 0 Å². The molecule has 0 spiro atoms. The molecule has 1 aliphatic heterocycles. The Morgan fingerprint density at radius 2 is 2.00 bits per heavy atom. The van der Waals surface area contributed by atoms with Crippen molar-refractivity contribution in [1.29, 1.82) is 0 Å². The highest BCUT2D eigenvalue weighted by Crippen LogP contribution is 2.31. The highest BCUT2D eigenvalue weighted by molar-refractivity contribution is 5.95. The van der Waals surface area contributed by atoms with E-state index in [1.165, 1.54) is 0 Å². The van der Waals surface area contributed by atoms with E-state index in [9.17, 15) is 4.79 Å². The highest BCUT2D eigenvalue weighted by Gasteiger charge is 2.30. The number of nitrogens with zero attached hydrogens (tertiary/aromatic N) is 2. The van der Waals surface area contributed by atoms with E-state index in [1.54, 1.807) is 0 Å². The molecule has 0 aliphatic carbocycles. The quantitative estimate of drug-likeness (QED) is 0.909. The van der Waals surface area contributed by atoms with Crippen LogP contribution in [0.4, 0.5) is 5.69 Å². The lowest BCUT2D eigenvalue weighted by atomic mass is 9.91. The predicted octanol–water partition coefficient (Wildman–Crippen LogP) is 3.79. The van der Waals surface area contributed by atoms with Crippen molar-refractivity contribution in [3.8, 4) is 5.75 Å². The van der Waals surface area contributed by atoms with Gasteiger partial charge in [0.05, 0.1) is 17.5 Å². The van der Waals surface area contributed by atoms with E-state index in [0.29, 0.717) is 18.2 Å². The van der Waals surface area contributed by atoms with E-state index in [2.05, 4.69) is 4.98 Å². The van der Waals surface area contributed by atoms with Gasteiger partial charge in [0.1, 0.15) is 5.75 Å². The molecule has 1 aromatic heterocycles. The fraction of sp³-hybridized carbons (Fsp3) is 0.524. The average Bonchev–Trinajstić information content (AvgIpc) is 2.58. The molecule has 1 aromatic carbocycles. The fourth-order valence-corrected chi connectivity index (χ4v) is 3.53. The van der Waals surface area contributed by atoms with Gasteiger partial charge in [-0.2, -0.15) is 0 Å². The minimum absolute atomic E-state index is 0.236. The molecule has 5 heteroatoms. The third kappa shape index (κ3) is 3.92. The van der Waals surface area contributed by atoms with Crippen LogP contribution in [0, 0.1) is 18.3 Å². The average molecular weight is 355 g/mol. The SMILES string of the molecule is Cc1cc(N)c2c(OCC3CCN(C(=O)C(C)(C)C)CC3)cccc2n1. The molecule has 2 N–H and O–H groups in total. The standard InChI is InChI=1S/C21H29N3O2/c1-14-12-16(22)19-17(23-14)6-5-7-18(19)26-13-15-8-10-24(11-9-15)20(25)21(2,3)4/h5-7,12,15H,8-11,13H2,1-4H3,(H2,22,23). The zero-order chi connectivity index (χ0) is 18.9. The molecule has 2 aromatic rings. The molecule has 1 aliphatic rings. The Labute approximate surface area is 155 Å². The Balaban J connectivity index is 1.63. The maximum atomic E-state index is 12.4. The lowest BCUT2D eigenvalue weighted by molar-refractivity contribution is -0.141. The van der Waals surface area contributed by atoms with Gasteiger partial charge in [0, 0.05) is 29.9 Å². The molecule has 0 radical (unpaired) electrons. The second-order valence-electron chi connectivity index (χ2n) is 8.30. The second-order valence-corrected chi connectivity index (χ2v) is 8.30. The first-order valence-corrected chi connectivity index (χ1v) is 9.33. The number of carbonyl (C=O) groups is 1. The molecule has 5 nitrogen and oxygen atoms in total. The van der Waals surface area contributed by atoms with Gasteiger partial charge in [0.25, 0.3) is 0 Å². The lowest BCUT2D eigenvalue weighted by Gasteiger charge is -2.35. The molecule has 140 valence electrons. The number of aryl methyl sites for hydroxylation is 1. The number of benzene rings is 1. The van der Waals surface area contributed by atoms with E-state index >= 15 is 0 Å². The van der Waals surface area contributed by atoms with Gasteiger partial charge in [-0.25, -0.2) is 0 Å². The van der Waals surface area contributed by atoms with Crippen LogP contribution in [0.5, 0.6) is 5.75 Å². The number of fused-ring (bicyclic) bond motifs is 1. The van der Waals surface area contributed by atoms with Crippen molar-refractivity contribution < 1.29 is 9.53 Å². The van der Waals surface area contributed by atoms with Crippen molar-refractivity contribution in [2.24, 2.45) is 11.3 Å². The van der Waals surface area contributed by atoms with Crippen molar-refractivity contribution in [1.82, 2.24) is 9.88 Å². The number of amides is 1. The Morgan fingerprint density at radius 3 is 2.65 bits per heavy atom. The van der Waals surface area contributed by atoms with Crippen LogP contribution in [-0.2, 0) is 4.79 Å². The predicted molar refractivity (Wildman–Crippen MR) is 105 cm³/mol. The number of pyridine rings is 1. The van der Waals surface area contributed by atoms with Gasteiger partial charge < -0.3 is 15.4 Å². The van der Waals surface area contributed by atoms with Gasteiger partial charge in [-0.1, -0.05) is 26.8 Å². The van der Waals surface area contributed by atoms with Crippen LogP contribution in [0.15, 0.2) is 24.3 Å². The normalized spacial score (nSPS) is 16.1. The fourth-order valence-electron chi connectivity index (χ4n) is 3.53. The van der Waals surface area contributed by atoms with E-state index in [-0.39, 0.29) is 11.3 Å².